The molecule has 0 unspecified atom stereocenters. The quantitative estimate of drug-likeness (QED) is 0.136. The zero-order chi connectivity index (χ0) is 26.7. The molecule has 7 N–H and O–H groups in total. The third-order valence-corrected chi connectivity index (χ3v) is 6.62. The minimum absolute atomic E-state index is 0.00557. The van der Waals surface area contributed by atoms with E-state index in [-0.39, 0.29) is 41.2 Å². The number of nitrogens with two attached hydrogens (primary N) is 1. The Kier molecular flexibility index (Phi) is 8.31. The van der Waals surface area contributed by atoms with Crippen LogP contribution in [0.4, 0.5) is 5.95 Å². The smallest absolute Gasteiger partial charge is 0.338 e. The standard InChI is InChI=1S/C22H27N5O9S/c1-2-34-20(33)10-3-5-12(6-4-10)35-8-11(29)9-37-22-24-14-17(25-21(23)26-18(14)32)27(22)19-16(31)15(30)13(7-28)36-19/h3-6,11,13,15-16,19,28-31H,2,7-9H2,1H3,(H3,23,25,26,32)/t11-,13-,15-,16-,19-/m1/s1. The Bertz CT molecular complexity index is 1300. The van der Waals surface area contributed by atoms with E-state index in [9.17, 15) is 30.0 Å². The van der Waals surface area contributed by atoms with Crippen molar-refractivity contribution in [2.45, 2.75) is 42.7 Å². The largest absolute Gasteiger partial charge is 0.491 e. The molecule has 1 fully saturated rings. The number of nitrogens with one attached hydrogen (secondary N) is 1. The Morgan fingerprint density at radius 3 is 2.65 bits per heavy atom. The molecule has 200 valence electrons. The van der Waals surface area contributed by atoms with Gasteiger partial charge in [-0.2, -0.15) is 4.98 Å². The lowest BCUT2D eigenvalue weighted by Crippen LogP contribution is -2.33. The third kappa shape index (κ3) is 5.71. The van der Waals surface area contributed by atoms with Crippen LogP contribution in [0.15, 0.2) is 34.2 Å². The number of aromatic nitrogens is 4. The second-order valence-corrected chi connectivity index (χ2v) is 9.12. The van der Waals surface area contributed by atoms with E-state index in [1.54, 1.807) is 31.2 Å². The number of nitrogens with zero attached hydrogens (tertiary/aromatic N) is 3. The number of benzene rings is 1. The number of hydrogen-bond acceptors (Lipinski definition) is 13. The van der Waals surface area contributed by atoms with E-state index in [1.165, 1.54) is 4.57 Å². The van der Waals surface area contributed by atoms with Crippen molar-refractivity contribution in [1.29, 1.82) is 0 Å². The summed E-state index contributed by atoms with van der Waals surface area (Å²) in [4.78, 5) is 34.9. The minimum Gasteiger partial charge on any atom is -0.491 e. The van der Waals surface area contributed by atoms with Crippen molar-refractivity contribution in [3.8, 4) is 5.75 Å². The van der Waals surface area contributed by atoms with Gasteiger partial charge in [0.2, 0.25) is 5.95 Å². The van der Waals surface area contributed by atoms with Crippen LogP contribution in [0.2, 0.25) is 0 Å². The Hall–Kier alpha value is -3.21. The first kappa shape index (κ1) is 26.8. The van der Waals surface area contributed by atoms with Gasteiger partial charge < -0.3 is 40.4 Å². The maximum Gasteiger partial charge on any atom is 0.338 e. The van der Waals surface area contributed by atoms with Crippen molar-refractivity contribution in [3.63, 3.8) is 0 Å². The number of esters is 1. The van der Waals surface area contributed by atoms with Gasteiger partial charge in [0.1, 0.15) is 30.7 Å². The summed E-state index contributed by atoms with van der Waals surface area (Å²) in [6.07, 6.45) is -6.12. The van der Waals surface area contributed by atoms with Crippen molar-refractivity contribution < 1.29 is 39.4 Å². The van der Waals surface area contributed by atoms with Crippen LogP contribution in [0.1, 0.15) is 23.5 Å². The van der Waals surface area contributed by atoms with Crippen molar-refractivity contribution in [3.05, 3.63) is 40.2 Å². The Balaban J connectivity index is 1.48. The van der Waals surface area contributed by atoms with E-state index in [0.717, 1.165) is 11.8 Å². The first-order valence-electron chi connectivity index (χ1n) is 11.3. The normalized spacial score (nSPS) is 22.3. The number of carbonyl (C=O) groups is 1. The number of aliphatic hydroxyl groups is 4. The van der Waals surface area contributed by atoms with Gasteiger partial charge in [0, 0.05) is 5.75 Å². The number of carbonyl (C=O) groups excluding carboxylic acids is 1. The molecule has 3 heterocycles. The summed E-state index contributed by atoms with van der Waals surface area (Å²) in [6.45, 7) is 1.34. The van der Waals surface area contributed by atoms with E-state index in [2.05, 4.69) is 15.0 Å². The number of anilines is 1. The van der Waals surface area contributed by atoms with Crippen molar-refractivity contribution in [1.82, 2.24) is 19.5 Å². The predicted molar refractivity (Wildman–Crippen MR) is 130 cm³/mol. The van der Waals surface area contributed by atoms with Crippen molar-refractivity contribution in [2.24, 2.45) is 0 Å². The molecule has 0 bridgehead atoms. The Morgan fingerprint density at radius 2 is 2.00 bits per heavy atom. The van der Waals surface area contributed by atoms with Gasteiger partial charge in [0.25, 0.3) is 5.56 Å². The van der Waals surface area contributed by atoms with Crippen LogP contribution >= 0.6 is 11.8 Å². The maximum absolute atomic E-state index is 12.4. The molecule has 4 rings (SSSR count). The number of fused-ring (bicyclic) bond motifs is 1. The number of rotatable bonds is 10. The molecule has 3 aromatic rings. The number of thioether (sulfide) groups is 1. The predicted octanol–water partition coefficient (Wildman–Crippen LogP) is -0.978. The lowest BCUT2D eigenvalue weighted by Gasteiger charge is -2.19. The highest BCUT2D eigenvalue weighted by Crippen LogP contribution is 2.35. The minimum atomic E-state index is -1.46. The number of imidazole rings is 1. The monoisotopic (exact) mass is 537 g/mol. The van der Waals surface area contributed by atoms with Gasteiger partial charge in [-0.15, -0.1) is 0 Å². The van der Waals surface area contributed by atoms with Gasteiger partial charge >= 0.3 is 5.97 Å². The van der Waals surface area contributed by atoms with E-state index < -0.39 is 48.8 Å². The summed E-state index contributed by atoms with van der Waals surface area (Å²) < 4.78 is 17.4. The molecule has 1 aliphatic heterocycles. The van der Waals surface area contributed by atoms with Crippen LogP contribution < -0.4 is 16.0 Å². The molecule has 1 aromatic carbocycles. The van der Waals surface area contributed by atoms with Crippen LogP contribution in [0.5, 0.6) is 5.75 Å². The Morgan fingerprint density at radius 1 is 1.27 bits per heavy atom. The molecular formula is C22H27N5O9S. The molecule has 0 amide bonds. The summed E-state index contributed by atoms with van der Waals surface area (Å²) >= 11 is 1.03. The highest BCUT2D eigenvalue weighted by molar-refractivity contribution is 7.99. The molecule has 2 aromatic heterocycles. The van der Waals surface area contributed by atoms with Crippen LogP contribution in [-0.4, -0.2) is 95.9 Å². The highest BCUT2D eigenvalue weighted by Gasteiger charge is 2.45. The summed E-state index contributed by atoms with van der Waals surface area (Å²) in [5, 5.41) is 40.8. The third-order valence-electron chi connectivity index (χ3n) is 5.52. The average Bonchev–Trinajstić information content (AvgIpc) is 3.38. The number of hydrogen-bond donors (Lipinski definition) is 6. The number of ether oxygens (including phenoxy) is 3. The van der Waals surface area contributed by atoms with Gasteiger partial charge in [-0.25, -0.2) is 9.78 Å². The van der Waals surface area contributed by atoms with Crippen molar-refractivity contribution in [2.75, 3.05) is 31.3 Å². The van der Waals surface area contributed by atoms with Crippen LogP contribution in [0, 0.1) is 0 Å². The molecule has 0 spiro atoms. The molecule has 0 aliphatic carbocycles. The fourth-order valence-corrected chi connectivity index (χ4v) is 4.64. The van der Waals surface area contributed by atoms with E-state index in [0.29, 0.717) is 11.3 Å². The molecule has 37 heavy (non-hydrogen) atoms. The average molecular weight is 538 g/mol. The lowest BCUT2D eigenvalue weighted by atomic mass is 10.1. The molecule has 1 aliphatic rings. The zero-order valence-corrected chi connectivity index (χ0v) is 20.5. The number of H-pyrrole nitrogens is 1. The molecule has 1 saturated heterocycles. The molecule has 0 saturated carbocycles. The van der Waals surface area contributed by atoms with E-state index >= 15 is 0 Å². The van der Waals surface area contributed by atoms with Gasteiger partial charge in [-0.05, 0) is 31.2 Å². The zero-order valence-electron chi connectivity index (χ0n) is 19.7. The summed E-state index contributed by atoms with van der Waals surface area (Å²) in [5.41, 5.74) is 5.36. The summed E-state index contributed by atoms with van der Waals surface area (Å²) in [6, 6.07) is 6.26. The summed E-state index contributed by atoms with van der Waals surface area (Å²) in [7, 11) is 0. The first-order chi connectivity index (χ1) is 17.7. The number of nitrogen functional groups attached to an aromatic ring is 1. The van der Waals surface area contributed by atoms with E-state index in [1.807, 2.05) is 0 Å². The topological polar surface area (TPSA) is 215 Å². The molecule has 14 nitrogen and oxygen atoms in total. The number of aromatic amines is 1. The molecule has 0 radical (unpaired) electrons. The first-order valence-corrected chi connectivity index (χ1v) is 12.3. The maximum atomic E-state index is 12.4. The van der Waals surface area contributed by atoms with Crippen LogP contribution in [0.3, 0.4) is 0 Å². The summed E-state index contributed by atoms with van der Waals surface area (Å²) in [5.74, 6) is -0.143. The van der Waals surface area contributed by atoms with Gasteiger partial charge in [-0.3, -0.25) is 14.3 Å². The molecule has 15 heteroatoms. The lowest BCUT2D eigenvalue weighted by molar-refractivity contribution is -0.0548. The molecule has 5 atom stereocenters. The second kappa shape index (κ2) is 11.5. The second-order valence-electron chi connectivity index (χ2n) is 8.14. The van der Waals surface area contributed by atoms with Crippen LogP contribution in [-0.2, 0) is 9.47 Å². The Labute approximate surface area is 214 Å². The van der Waals surface area contributed by atoms with Crippen LogP contribution in [0.25, 0.3) is 11.2 Å². The van der Waals surface area contributed by atoms with Gasteiger partial charge in [0.05, 0.1) is 24.9 Å². The van der Waals surface area contributed by atoms with Gasteiger partial charge in [-0.1, -0.05) is 11.8 Å². The van der Waals surface area contributed by atoms with Gasteiger partial charge in [0.15, 0.2) is 22.5 Å². The van der Waals surface area contributed by atoms with Crippen molar-refractivity contribution >= 4 is 34.8 Å². The molecular weight excluding hydrogens is 510 g/mol. The number of aliphatic hydroxyl groups excluding tert-OH is 4. The highest BCUT2D eigenvalue weighted by atomic mass is 32.2. The fraction of sp³-hybridized carbons (Fsp3) is 0.455. The SMILES string of the molecule is CCOC(=O)c1ccc(OC[C@@H](O)CSc2nc3c(=O)[nH]c(N)nc3n2[C@@H]2O[C@H](CO)[C@@H](O)[C@H]2O)cc1. The fourth-order valence-electron chi connectivity index (χ4n) is 3.72. The van der Waals surface area contributed by atoms with E-state index in [4.69, 9.17) is 19.9 Å².